The second kappa shape index (κ2) is 4.81. The minimum Gasteiger partial charge on any atom is -0.325 e. The molecule has 2 N–H and O–H groups in total. The van der Waals surface area contributed by atoms with Gasteiger partial charge < -0.3 is 5.73 Å². The average Bonchev–Trinajstić information content (AvgIpc) is 2.67. The van der Waals surface area contributed by atoms with Crippen LogP contribution in [0.4, 0.5) is 0 Å². The number of aromatic nitrogens is 2. The van der Waals surface area contributed by atoms with Crippen molar-refractivity contribution in [2.75, 3.05) is 0 Å². The van der Waals surface area contributed by atoms with Gasteiger partial charge >= 0.3 is 0 Å². The molecule has 0 aliphatic heterocycles. The highest BCUT2D eigenvalue weighted by atomic mass is 15.2. The van der Waals surface area contributed by atoms with Crippen molar-refractivity contribution in [2.45, 2.75) is 51.5 Å². The molecule has 3 heteroatoms. The molecule has 0 radical (unpaired) electrons. The van der Waals surface area contributed by atoms with Gasteiger partial charge in [0, 0.05) is 24.5 Å². The molecule has 0 amide bonds. The van der Waals surface area contributed by atoms with E-state index in [1.807, 2.05) is 17.9 Å². The second-order valence-corrected chi connectivity index (χ2v) is 5.97. The summed E-state index contributed by atoms with van der Waals surface area (Å²) in [5.74, 6) is 1.43. The van der Waals surface area contributed by atoms with E-state index >= 15 is 0 Å². The fraction of sp³-hybridized carbons (Fsp3) is 0.786. The summed E-state index contributed by atoms with van der Waals surface area (Å²) in [6.45, 7) is 4.65. The third kappa shape index (κ3) is 2.71. The smallest absolute Gasteiger partial charge is 0.0492 e. The van der Waals surface area contributed by atoms with Crippen molar-refractivity contribution in [3.63, 3.8) is 0 Å². The summed E-state index contributed by atoms with van der Waals surface area (Å²) >= 11 is 0. The number of hydrogen-bond donors (Lipinski definition) is 1. The topological polar surface area (TPSA) is 43.8 Å². The molecule has 3 unspecified atom stereocenters. The molecule has 1 aromatic heterocycles. The van der Waals surface area contributed by atoms with Crippen molar-refractivity contribution >= 4 is 0 Å². The van der Waals surface area contributed by atoms with Crippen molar-refractivity contribution < 1.29 is 0 Å². The monoisotopic (exact) mass is 235 g/mol. The summed E-state index contributed by atoms with van der Waals surface area (Å²) in [5.41, 5.74) is 7.95. The predicted molar refractivity (Wildman–Crippen MR) is 70.6 cm³/mol. The molecule has 1 aromatic rings. The van der Waals surface area contributed by atoms with E-state index in [1.165, 1.54) is 25.0 Å². The molecule has 96 valence electrons. The maximum atomic E-state index is 6.63. The van der Waals surface area contributed by atoms with E-state index < -0.39 is 0 Å². The number of nitrogens with two attached hydrogens (primary N) is 1. The first-order valence-electron chi connectivity index (χ1n) is 6.77. The van der Waals surface area contributed by atoms with E-state index in [-0.39, 0.29) is 5.54 Å². The molecule has 3 nitrogen and oxygen atoms in total. The van der Waals surface area contributed by atoms with Gasteiger partial charge in [0.05, 0.1) is 0 Å². The van der Waals surface area contributed by atoms with Crippen molar-refractivity contribution in [2.24, 2.45) is 24.6 Å². The molecular formula is C14H25N3. The summed E-state index contributed by atoms with van der Waals surface area (Å²) in [6.07, 6.45) is 7.79. The zero-order chi connectivity index (χ0) is 12.5. The Morgan fingerprint density at radius 2 is 2.24 bits per heavy atom. The van der Waals surface area contributed by atoms with E-state index in [0.29, 0.717) is 5.92 Å². The van der Waals surface area contributed by atoms with Crippen molar-refractivity contribution in [1.29, 1.82) is 0 Å². The standard InChI is InChI=1S/C14H25N3/c1-11-4-5-12(2)14(15,10-11)8-6-13-7-9-16-17(13)3/h7,9,11-12H,4-6,8,10,15H2,1-3H3. The largest absolute Gasteiger partial charge is 0.325 e. The second-order valence-electron chi connectivity index (χ2n) is 5.97. The lowest BCUT2D eigenvalue weighted by Crippen LogP contribution is -2.50. The number of hydrogen-bond acceptors (Lipinski definition) is 2. The summed E-state index contributed by atoms with van der Waals surface area (Å²) < 4.78 is 1.96. The van der Waals surface area contributed by atoms with Gasteiger partial charge in [-0.1, -0.05) is 20.3 Å². The molecule has 0 spiro atoms. The molecule has 0 saturated heterocycles. The Morgan fingerprint density at radius 3 is 2.88 bits per heavy atom. The Bertz CT molecular complexity index is 371. The lowest BCUT2D eigenvalue weighted by Gasteiger charge is -2.42. The number of nitrogens with zero attached hydrogens (tertiary/aromatic N) is 2. The minimum atomic E-state index is 0.0297. The highest BCUT2D eigenvalue weighted by molar-refractivity contribution is 5.03. The van der Waals surface area contributed by atoms with E-state index in [9.17, 15) is 0 Å². The Labute approximate surface area is 104 Å². The van der Waals surface area contributed by atoms with Crippen LogP contribution < -0.4 is 5.73 Å². The summed E-state index contributed by atoms with van der Waals surface area (Å²) in [4.78, 5) is 0. The molecule has 3 atom stereocenters. The van der Waals surface area contributed by atoms with Crippen LogP contribution in [-0.4, -0.2) is 15.3 Å². The fourth-order valence-electron chi connectivity index (χ4n) is 3.13. The molecule has 17 heavy (non-hydrogen) atoms. The van der Waals surface area contributed by atoms with Crippen LogP contribution in [0, 0.1) is 11.8 Å². The van der Waals surface area contributed by atoms with Gasteiger partial charge in [-0.15, -0.1) is 0 Å². The van der Waals surface area contributed by atoms with Gasteiger partial charge in [0.2, 0.25) is 0 Å². The molecule has 1 heterocycles. The van der Waals surface area contributed by atoms with Gasteiger partial charge in [-0.3, -0.25) is 4.68 Å². The van der Waals surface area contributed by atoms with Gasteiger partial charge in [0.1, 0.15) is 0 Å². The normalized spacial score (nSPS) is 33.9. The Balaban J connectivity index is 1.99. The highest BCUT2D eigenvalue weighted by Crippen LogP contribution is 2.37. The van der Waals surface area contributed by atoms with Crippen LogP contribution in [0.25, 0.3) is 0 Å². The Kier molecular flexibility index (Phi) is 3.57. The maximum absolute atomic E-state index is 6.63. The maximum Gasteiger partial charge on any atom is 0.0492 e. The number of aryl methyl sites for hydroxylation is 2. The summed E-state index contributed by atoms with van der Waals surface area (Å²) in [5, 5.41) is 4.21. The Morgan fingerprint density at radius 1 is 1.47 bits per heavy atom. The van der Waals surface area contributed by atoms with Gasteiger partial charge in [-0.25, -0.2) is 0 Å². The lowest BCUT2D eigenvalue weighted by molar-refractivity contribution is 0.151. The first-order chi connectivity index (χ1) is 8.01. The third-order valence-electron chi connectivity index (χ3n) is 4.57. The van der Waals surface area contributed by atoms with Gasteiger partial charge in [0.15, 0.2) is 0 Å². The molecule has 1 fully saturated rings. The Hall–Kier alpha value is -0.830. The zero-order valence-corrected chi connectivity index (χ0v) is 11.3. The van der Waals surface area contributed by atoms with E-state index in [4.69, 9.17) is 5.73 Å². The molecule has 1 saturated carbocycles. The molecule has 2 rings (SSSR count). The molecule has 1 aliphatic carbocycles. The highest BCUT2D eigenvalue weighted by Gasteiger charge is 2.36. The van der Waals surface area contributed by atoms with Crippen LogP contribution in [0.1, 0.15) is 45.2 Å². The van der Waals surface area contributed by atoms with Crippen LogP contribution in [0.2, 0.25) is 0 Å². The van der Waals surface area contributed by atoms with Gasteiger partial charge in [-0.05, 0) is 43.6 Å². The summed E-state index contributed by atoms with van der Waals surface area (Å²) in [6, 6.07) is 2.10. The number of rotatable bonds is 3. The molecular weight excluding hydrogens is 210 g/mol. The van der Waals surface area contributed by atoms with E-state index in [2.05, 4.69) is 25.0 Å². The van der Waals surface area contributed by atoms with Crippen LogP contribution in [-0.2, 0) is 13.5 Å². The van der Waals surface area contributed by atoms with Crippen LogP contribution in [0.15, 0.2) is 12.3 Å². The van der Waals surface area contributed by atoms with E-state index in [0.717, 1.165) is 18.8 Å². The molecule has 1 aliphatic rings. The van der Waals surface area contributed by atoms with Gasteiger partial charge in [0.25, 0.3) is 0 Å². The van der Waals surface area contributed by atoms with Crippen LogP contribution in [0.3, 0.4) is 0 Å². The first kappa shape index (κ1) is 12.6. The van der Waals surface area contributed by atoms with Crippen LogP contribution >= 0.6 is 0 Å². The van der Waals surface area contributed by atoms with Gasteiger partial charge in [-0.2, -0.15) is 5.10 Å². The van der Waals surface area contributed by atoms with E-state index in [1.54, 1.807) is 0 Å². The quantitative estimate of drug-likeness (QED) is 0.875. The van der Waals surface area contributed by atoms with Crippen molar-refractivity contribution in [3.8, 4) is 0 Å². The summed E-state index contributed by atoms with van der Waals surface area (Å²) in [7, 11) is 2.01. The minimum absolute atomic E-state index is 0.0297. The average molecular weight is 235 g/mol. The predicted octanol–water partition coefficient (Wildman–Crippen LogP) is 2.51. The lowest BCUT2D eigenvalue weighted by atomic mass is 9.68. The third-order valence-corrected chi connectivity index (χ3v) is 4.57. The SMILES string of the molecule is CC1CCC(C)C(N)(CCc2ccnn2C)C1. The first-order valence-corrected chi connectivity index (χ1v) is 6.77. The molecule has 0 aromatic carbocycles. The van der Waals surface area contributed by atoms with Crippen molar-refractivity contribution in [3.05, 3.63) is 18.0 Å². The fourth-order valence-corrected chi connectivity index (χ4v) is 3.13. The zero-order valence-electron chi connectivity index (χ0n) is 11.3. The van der Waals surface area contributed by atoms with Crippen molar-refractivity contribution in [1.82, 2.24) is 9.78 Å². The molecule has 0 bridgehead atoms. The van der Waals surface area contributed by atoms with Crippen LogP contribution in [0.5, 0.6) is 0 Å².